The van der Waals surface area contributed by atoms with Crippen molar-refractivity contribution in [1.82, 2.24) is 0 Å². The van der Waals surface area contributed by atoms with E-state index in [0.717, 1.165) is 0 Å². The molecule has 0 spiro atoms. The number of benzene rings is 1. The number of hydrogen-bond acceptors (Lipinski definition) is 2. The van der Waals surface area contributed by atoms with Crippen molar-refractivity contribution in [2.24, 2.45) is 0 Å². The Bertz CT molecular complexity index is 371. The van der Waals surface area contributed by atoms with Crippen LogP contribution in [0.1, 0.15) is 5.56 Å². The van der Waals surface area contributed by atoms with Crippen LogP contribution in [0.3, 0.4) is 0 Å². The van der Waals surface area contributed by atoms with Gasteiger partial charge in [0.15, 0.2) is 0 Å². The third kappa shape index (κ3) is 2.53. The van der Waals surface area contributed by atoms with Gasteiger partial charge in [-0.3, -0.25) is 0 Å². The highest BCUT2D eigenvalue weighted by Crippen LogP contribution is 2.15. The summed E-state index contributed by atoms with van der Waals surface area (Å²) in [4.78, 5) is 10.2. The van der Waals surface area contributed by atoms with Crippen LogP contribution in [0.5, 0.6) is 5.75 Å². The molecule has 0 saturated carbocycles. The molecule has 0 aliphatic rings. The van der Waals surface area contributed by atoms with Crippen LogP contribution >= 0.6 is 0 Å². The highest BCUT2D eigenvalue weighted by Gasteiger charge is 1.96. The fourth-order valence-electron chi connectivity index (χ4n) is 0.869. The van der Waals surface area contributed by atoms with E-state index in [4.69, 9.17) is 9.84 Å². The van der Waals surface area contributed by atoms with Crippen LogP contribution in [-0.4, -0.2) is 18.2 Å². The number of hydrogen-bond donors (Lipinski definition) is 1. The van der Waals surface area contributed by atoms with E-state index in [-0.39, 0.29) is 0 Å². The predicted molar refractivity (Wildman–Crippen MR) is 47.5 cm³/mol. The van der Waals surface area contributed by atoms with Gasteiger partial charge in [-0.25, -0.2) is 4.79 Å². The summed E-state index contributed by atoms with van der Waals surface area (Å²) >= 11 is 0. The summed E-state index contributed by atoms with van der Waals surface area (Å²) in [5.41, 5.74) is 0.576. The predicted octanol–water partition coefficient (Wildman–Crippen LogP) is 1.13. The van der Waals surface area contributed by atoms with Gasteiger partial charge in [0.25, 0.3) is 0 Å². The maximum Gasteiger partial charge on any atom is 0.382 e. The van der Waals surface area contributed by atoms with E-state index in [2.05, 4.69) is 5.92 Å². The zero-order chi connectivity index (χ0) is 9.68. The Labute approximate surface area is 76.0 Å². The quantitative estimate of drug-likeness (QED) is 0.652. The number of ether oxygens (including phenoxy) is 1. The molecule has 1 rings (SSSR count). The average Bonchev–Trinajstić information content (AvgIpc) is 2.15. The molecule has 0 atom stereocenters. The van der Waals surface area contributed by atoms with Gasteiger partial charge in [-0.2, -0.15) is 0 Å². The lowest BCUT2D eigenvalue weighted by molar-refractivity contribution is -0.130. The lowest BCUT2D eigenvalue weighted by Gasteiger charge is -2.00. The smallest absolute Gasteiger partial charge is 0.382 e. The van der Waals surface area contributed by atoms with Crippen LogP contribution in [0.25, 0.3) is 0 Å². The molecule has 13 heavy (non-hydrogen) atoms. The second-order valence-electron chi connectivity index (χ2n) is 2.26. The third-order valence-corrected chi connectivity index (χ3v) is 1.41. The highest BCUT2D eigenvalue weighted by atomic mass is 16.5. The molecule has 0 bridgehead atoms. The Morgan fingerprint density at radius 1 is 1.46 bits per heavy atom. The first-order valence-electron chi connectivity index (χ1n) is 3.62. The van der Waals surface area contributed by atoms with E-state index in [9.17, 15) is 4.79 Å². The van der Waals surface area contributed by atoms with Gasteiger partial charge in [0.2, 0.25) is 0 Å². The molecular formula is C10H8O3. The molecule has 0 aliphatic heterocycles. The Kier molecular flexibility index (Phi) is 2.93. The largest absolute Gasteiger partial charge is 0.495 e. The van der Waals surface area contributed by atoms with Gasteiger partial charge in [-0.1, -0.05) is 18.1 Å². The van der Waals surface area contributed by atoms with E-state index in [0.29, 0.717) is 11.3 Å². The third-order valence-electron chi connectivity index (χ3n) is 1.41. The summed E-state index contributed by atoms with van der Waals surface area (Å²) in [7, 11) is 1.52. The number of aliphatic carboxylic acids is 1. The standard InChI is InChI=1S/C10H8O3/c1-13-9-5-3-2-4-8(9)6-7-10(11)12/h2-5H,1H3,(H,11,12). The van der Waals surface area contributed by atoms with Crippen LogP contribution in [-0.2, 0) is 4.79 Å². The number of carboxylic acids is 1. The normalized spacial score (nSPS) is 8.38. The lowest BCUT2D eigenvalue weighted by atomic mass is 10.2. The fourth-order valence-corrected chi connectivity index (χ4v) is 0.869. The van der Waals surface area contributed by atoms with Gasteiger partial charge >= 0.3 is 5.97 Å². The van der Waals surface area contributed by atoms with Crippen molar-refractivity contribution >= 4 is 5.97 Å². The minimum absolute atomic E-state index is 0.576. The second-order valence-corrected chi connectivity index (χ2v) is 2.26. The summed E-state index contributed by atoms with van der Waals surface area (Å²) < 4.78 is 4.98. The molecule has 0 aromatic heterocycles. The molecule has 1 aromatic rings. The molecule has 1 aromatic carbocycles. The van der Waals surface area contributed by atoms with Crippen molar-refractivity contribution in [3.8, 4) is 17.6 Å². The van der Waals surface area contributed by atoms with Gasteiger partial charge in [-0.15, -0.1) is 0 Å². The SMILES string of the molecule is COc1ccccc1C#CC(=O)O. The van der Waals surface area contributed by atoms with Crippen molar-refractivity contribution in [2.75, 3.05) is 7.11 Å². The molecule has 0 fully saturated rings. The van der Waals surface area contributed by atoms with Crippen molar-refractivity contribution in [3.63, 3.8) is 0 Å². The molecule has 0 amide bonds. The minimum Gasteiger partial charge on any atom is -0.495 e. The summed E-state index contributed by atoms with van der Waals surface area (Å²) in [5.74, 6) is 3.94. The van der Waals surface area contributed by atoms with E-state index >= 15 is 0 Å². The number of carboxylic acid groups (broad SMARTS) is 1. The van der Waals surface area contributed by atoms with Crippen LogP contribution in [0.2, 0.25) is 0 Å². The van der Waals surface area contributed by atoms with Gasteiger partial charge in [-0.05, 0) is 12.1 Å². The molecule has 0 unspecified atom stereocenters. The Morgan fingerprint density at radius 2 is 2.15 bits per heavy atom. The van der Waals surface area contributed by atoms with Crippen molar-refractivity contribution in [2.45, 2.75) is 0 Å². The Balaban J connectivity index is 3.02. The lowest BCUT2D eigenvalue weighted by Crippen LogP contribution is -1.89. The Morgan fingerprint density at radius 3 is 2.77 bits per heavy atom. The van der Waals surface area contributed by atoms with Crippen molar-refractivity contribution in [1.29, 1.82) is 0 Å². The molecule has 0 aliphatic carbocycles. The number of rotatable bonds is 1. The van der Waals surface area contributed by atoms with Crippen molar-refractivity contribution in [3.05, 3.63) is 29.8 Å². The topological polar surface area (TPSA) is 46.5 Å². The molecule has 3 heteroatoms. The van der Waals surface area contributed by atoms with Crippen LogP contribution in [0.15, 0.2) is 24.3 Å². The minimum atomic E-state index is -1.15. The molecular weight excluding hydrogens is 168 g/mol. The molecule has 3 nitrogen and oxygen atoms in total. The van der Waals surface area contributed by atoms with Crippen LogP contribution in [0.4, 0.5) is 0 Å². The highest BCUT2D eigenvalue weighted by molar-refractivity contribution is 5.87. The van der Waals surface area contributed by atoms with Gasteiger partial charge in [0.05, 0.1) is 12.7 Å². The molecule has 1 N–H and O–H groups in total. The second kappa shape index (κ2) is 4.17. The first kappa shape index (κ1) is 9.14. The molecule has 66 valence electrons. The van der Waals surface area contributed by atoms with E-state index < -0.39 is 5.97 Å². The van der Waals surface area contributed by atoms with Gasteiger partial charge < -0.3 is 9.84 Å². The first-order valence-corrected chi connectivity index (χ1v) is 3.62. The molecule has 0 heterocycles. The average molecular weight is 176 g/mol. The van der Waals surface area contributed by atoms with Crippen LogP contribution < -0.4 is 4.74 Å². The first-order chi connectivity index (χ1) is 6.24. The van der Waals surface area contributed by atoms with Gasteiger partial charge in [0.1, 0.15) is 5.75 Å². The number of methoxy groups -OCH3 is 1. The summed E-state index contributed by atoms with van der Waals surface area (Å²) in [6.07, 6.45) is 0. The molecule has 0 saturated heterocycles. The van der Waals surface area contributed by atoms with E-state index in [1.165, 1.54) is 7.11 Å². The van der Waals surface area contributed by atoms with Crippen molar-refractivity contribution < 1.29 is 14.6 Å². The summed E-state index contributed by atoms with van der Waals surface area (Å²) in [6.45, 7) is 0. The number of carbonyl (C=O) groups is 1. The summed E-state index contributed by atoms with van der Waals surface area (Å²) in [5, 5.41) is 8.32. The Hall–Kier alpha value is -1.95. The zero-order valence-electron chi connectivity index (χ0n) is 7.07. The fraction of sp³-hybridized carbons (Fsp3) is 0.100. The number of para-hydroxylation sites is 1. The van der Waals surface area contributed by atoms with Crippen LogP contribution in [0, 0.1) is 11.8 Å². The zero-order valence-corrected chi connectivity index (χ0v) is 7.07. The monoisotopic (exact) mass is 176 g/mol. The summed E-state index contributed by atoms with van der Waals surface area (Å²) in [6, 6.07) is 7.00. The maximum atomic E-state index is 10.2. The van der Waals surface area contributed by atoms with E-state index in [1.54, 1.807) is 24.3 Å². The van der Waals surface area contributed by atoms with Gasteiger partial charge in [0, 0.05) is 5.92 Å². The maximum absolute atomic E-state index is 10.2. The van der Waals surface area contributed by atoms with E-state index in [1.807, 2.05) is 5.92 Å². The molecule has 0 radical (unpaired) electrons.